The molecule has 3 amide bonds. The molecule has 0 saturated heterocycles. The van der Waals surface area contributed by atoms with E-state index in [4.69, 9.17) is 4.74 Å². The molecule has 7 nitrogen and oxygen atoms in total. The molecular weight excluding hydrogens is 619 g/mol. The first-order valence-corrected chi connectivity index (χ1v) is 16.5. The van der Waals surface area contributed by atoms with Crippen molar-refractivity contribution in [3.05, 3.63) is 161 Å². The van der Waals surface area contributed by atoms with E-state index in [1.54, 1.807) is 61.7 Å². The fourth-order valence-electron chi connectivity index (χ4n) is 5.08. The van der Waals surface area contributed by atoms with Crippen LogP contribution in [0.1, 0.15) is 44.8 Å². The van der Waals surface area contributed by atoms with Crippen LogP contribution in [0, 0.1) is 6.92 Å². The van der Waals surface area contributed by atoms with Gasteiger partial charge in [-0.2, -0.15) is 0 Å². The lowest BCUT2D eigenvalue weighted by molar-refractivity contribution is -0.116. The van der Waals surface area contributed by atoms with Gasteiger partial charge in [-0.3, -0.25) is 14.4 Å². The third-order valence-corrected chi connectivity index (χ3v) is 8.89. The van der Waals surface area contributed by atoms with Crippen molar-refractivity contribution in [2.75, 3.05) is 17.7 Å². The predicted molar refractivity (Wildman–Crippen MR) is 194 cm³/mol. The van der Waals surface area contributed by atoms with Crippen molar-refractivity contribution in [2.24, 2.45) is 0 Å². The van der Waals surface area contributed by atoms with Gasteiger partial charge in [0.15, 0.2) is 0 Å². The minimum atomic E-state index is -0.512. The van der Waals surface area contributed by atoms with Crippen molar-refractivity contribution >= 4 is 46.9 Å². The number of anilines is 2. The minimum Gasteiger partial charge on any atom is -0.497 e. The van der Waals surface area contributed by atoms with Crippen LogP contribution in [-0.4, -0.2) is 24.8 Å². The Morgan fingerprint density at radius 3 is 2.17 bits per heavy atom. The van der Waals surface area contributed by atoms with Gasteiger partial charge < -0.3 is 20.7 Å². The normalized spacial score (nSPS) is 11.7. The summed E-state index contributed by atoms with van der Waals surface area (Å²) in [5.41, 5.74) is 5.53. The van der Waals surface area contributed by atoms with Gasteiger partial charge in [0.2, 0.25) is 5.91 Å². The number of hydrogen-bond acceptors (Lipinski definition) is 5. The number of amides is 3. The van der Waals surface area contributed by atoms with Crippen LogP contribution in [0.4, 0.5) is 11.4 Å². The fraction of sp³-hybridized carbons (Fsp3) is 0.125. The topological polar surface area (TPSA) is 96.5 Å². The molecule has 0 heterocycles. The van der Waals surface area contributed by atoms with E-state index in [9.17, 15) is 14.4 Å². The van der Waals surface area contributed by atoms with Crippen LogP contribution in [-0.2, 0) is 16.0 Å². The Balaban J connectivity index is 1.35. The minimum absolute atomic E-state index is 0.0685. The first kappa shape index (κ1) is 33.8. The number of aryl methyl sites for hydroxylation is 2. The number of hydrogen-bond donors (Lipinski definition) is 3. The Labute approximate surface area is 285 Å². The summed E-state index contributed by atoms with van der Waals surface area (Å²) in [6, 6.07) is 38.9. The van der Waals surface area contributed by atoms with E-state index < -0.39 is 17.1 Å². The molecule has 1 unspecified atom stereocenters. The molecule has 5 rings (SSSR count). The second kappa shape index (κ2) is 16.3. The molecule has 0 spiro atoms. The van der Waals surface area contributed by atoms with E-state index >= 15 is 0 Å². The van der Waals surface area contributed by atoms with Crippen molar-refractivity contribution in [1.82, 2.24) is 5.32 Å². The maximum absolute atomic E-state index is 13.8. The lowest BCUT2D eigenvalue weighted by Gasteiger charge is -2.20. The maximum Gasteiger partial charge on any atom is 0.272 e. The molecule has 0 fully saturated rings. The van der Waals surface area contributed by atoms with Crippen molar-refractivity contribution in [3.8, 4) is 5.75 Å². The van der Waals surface area contributed by atoms with Crippen molar-refractivity contribution < 1.29 is 19.1 Å². The quantitative estimate of drug-likeness (QED) is 0.0926. The van der Waals surface area contributed by atoms with Gasteiger partial charge in [-0.25, -0.2) is 0 Å². The fourth-order valence-corrected chi connectivity index (χ4v) is 6.11. The summed E-state index contributed by atoms with van der Waals surface area (Å²) in [7, 11) is 1.57. The Morgan fingerprint density at radius 1 is 0.792 bits per heavy atom. The van der Waals surface area contributed by atoms with Gasteiger partial charge in [0.1, 0.15) is 16.7 Å². The summed E-state index contributed by atoms with van der Waals surface area (Å²) in [5.74, 6) is -0.394. The Bertz CT molecular complexity index is 1910. The number of para-hydroxylation sites is 1. The molecule has 8 heteroatoms. The Kier molecular flexibility index (Phi) is 11.5. The first-order valence-electron chi connectivity index (χ1n) is 15.6. The number of methoxy groups -OCH3 is 1. The number of carbonyl (C=O) groups is 3. The molecule has 5 aromatic rings. The number of nitrogens with one attached hydrogen (secondary N) is 3. The number of carbonyl (C=O) groups excluding carboxylic acids is 3. The average Bonchev–Trinajstić information content (AvgIpc) is 3.12. The van der Waals surface area contributed by atoms with Gasteiger partial charge in [0.05, 0.1) is 7.11 Å². The molecule has 0 aliphatic rings. The summed E-state index contributed by atoms with van der Waals surface area (Å²) in [6.45, 7) is 4.07. The third-order valence-electron chi connectivity index (χ3n) is 7.63. The van der Waals surface area contributed by atoms with Crippen LogP contribution in [0.15, 0.2) is 138 Å². The molecule has 48 heavy (non-hydrogen) atoms. The molecule has 3 N–H and O–H groups in total. The highest BCUT2D eigenvalue weighted by atomic mass is 32.2. The third kappa shape index (κ3) is 8.80. The van der Waals surface area contributed by atoms with E-state index in [0.29, 0.717) is 22.6 Å². The highest BCUT2D eigenvalue weighted by molar-refractivity contribution is 8.00. The highest BCUT2D eigenvalue weighted by Gasteiger charge is 2.24. The molecule has 0 aliphatic carbocycles. The first-order chi connectivity index (χ1) is 23.3. The van der Waals surface area contributed by atoms with Crippen molar-refractivity contribution in [2.45, 2.75) is 30.4 Å². The molecule has 0 aliphatic heterocycles. The lowest BCUT2D eigenvalue weighted by Crippen LogP contribution is -2.30. The second-order valence-corrected chi connectivity index (χ2v) is 12.2. The number of benzene rings is 5. The molecule has 242 valence electrons. The largest absolute Gasteiger partial charge is 0.497 e. The summed E-state index contributed by atoms with van der Waals surface area (Å²) in [6.07, 6.45) is 2.41. The highest BCUT2D eigenvalue weighted by Crippen LogP contribution is 2.37. The smallest absolute Gasteiger partial charge is 0.272 e. The molecule has 0 aromatic heterocycles. The van der Waals surface area contributed by atoms with Crippen LogP contribution in [0.3, 0.4) is 0 Å². The van der Waals surface area contributed by atoms with Gasteiger partial charge >= 0.3 is 0 Å². The zero-order valence-corrected chi connectivity index (χ0v) is 27.8. The summed E-state index contributed by atoms with van der Waals surface area (Å²) in [5, 5.41) is 8.33. The number of thioether (sulfide) groups is 1. The zero-order valence-electron chi connectivity index (χ0n) is 27.0. The van der Waals surface area contributed by atoms with Crippen LogP contribution in [0.2, 0.25) is 0 Å². The van der Waals surface area contributed by atoms with E-state index in [1.165, 1.54) is 11.8 Å². The summed E-state index contributed by atoms with van der Waals surface area (Å²) < 4.78 is 5.33. The molecule has 0 saturated carbocycles. The average molecular weight is 656 g/mol. The van der Waals surface area contributed by atoms with Gasteiger partial charge in [-0.15, -0.1) is 11.8 Å². The van der Waals surface area contributed by atoms with E-state index in [1.807, 2.05) is 85.8 Å². The van der Waals surface area contributed by atoms with Crippen molar-refractivity contribution in [1.29, 1.82) is 0 Å². The predicted octanol–water partition coefficient (Wildman–Crippen LogP) is 8.45. The number of rotatable bonds is 12. The van der Waals surface area contributed by atoms with Crippen LogP contribution in [0.5, 0.6) is 5.75 Å². The van der Waals surface area contributed by atoms with Gasteiger partial charge in [0, 0.05) is 21.8 Å². The van der Waals surface area contributed by atoms with Gasteiger partial charge in [0.25, 0.3) is 11.8 Å². The monoisotopic (exact) mass is 655 g/mol. The SMILES string of the molecule is CCc1cccc(C)c1NC(=O)C(Sc1ccc(NC(=O)/C(=C/c2cccc(OC)c2)NC(=O)c2ccccc2)cc1)c1ccccc1. The number of ether oxygens (including phenoxy) is 1. The molecule has 1 atom stereocenters. The standard InChI is InChI=1S/C40H37N3O4S/c1-4-29-19-11-13-27(2)36(29)43-40(46)37(30-15-7-5-8-16-30)48-34-23-21-32(22-24-34)41-39(45)35(26-28-14-12-20-33(25-28)47-3)42-38(44)31-17-9-6-10-18-31/h5-26,37H,4H2,1-3H3,(H,41,45)(H,42,44)(H,43,46)/b35-26-. The van der Waals surface area contributed by atoms with Crippen LogP contribution < -0.4 is 20.7 Å². The van der Waals surface area contributed by atoms with E-state index in [-0.39, 0.29) is 11.6 Å². The van der Waals surface area contributed by atoms with Crippen LogP contribution in [0.25, 0.3) is 6.08 Å². The molecular formula is C40H37N3O4S. The van der Waals surface area contributed by atoms with Gasteiger partial charge in [-0.05, 0) is 90.2 Å². The second-order valence-electron chi connectivity index (χ2n) is 11.0. The molecule has 0 bridgehead atoms. The maximum atomic E-state index is 13.8. The van der Waals surface area contributed by atoms with Gasteiger partial charge in [-0.1, -0.05) is 85.8 Å². The van der Waals surface area contributed by atoms with E-state index in [0.717, 1.165) is 33.7 Å². The van der Waals surface area contributed by atoms with E-state index in [2.05, 4.69) is 22.9 Å². The van der Waals surface area contributed by atoms with Crippen molar-refractivity contribution in [3.63, 3.8) is 0 Å². The van der Waals surface area contributed by atoms with Crippen LogP contribution >= 0.6 is 11.8 Å². The molecule has 0 radical (unpaired) electrons. The molecule has 5 aromatic carbocycles. The lowest BCUT2D eigenvalue weighted by atomic mass is 10.1. The Hall–Kier alpha value is -5.60. The Morgan fingerprint density at radius 2 is 1.48 bits per heavy atom. The zero-order chi connectivity index (χ0) is 33.9. The summed E-state index contributed by atoms with van der Waals surface area (Å²) >= 11 is 1.43. The summed E-state index contributed by atoms with van der Waals surface area (Å²) in [4.78, 5) is 41.2.